The van der Waals surface area contributed by atoms with Gasteiger partial charge in [0.2, 0.25) is 0 Å². The van der Waals surface area contributed by atoms with Gasteiger partial charge in [-0.25, -0.2) is 0 Å². The third-order valence-corrected chi connectivity index (χ3v) is 5.86. The van der Waals surface area contributed by atoms with Gasteiger partial charge >= 0.3 is 0 Å². The summed E-state index contributed by atoms with van der Waals surface area (Å²) in [6.07, 6.45) is 0. The van der Waals surface area contributed by atoms with Crippen molar-refractivity contribution < 1.29 is 9.47 Å². The zero-order valence-corrected chi connectivity index (χ0v) is 17.7. The van der Waals surface area contributed by atoms with Crippen LogP contribution in [0.4, 0.5) is 0 Å². The first-order valence-electron chi connectivity index (χ1n) is 9.70. The van der Waals surface area contributed by atoms with Crippen LogP contribution in [0.2, 0.25) is 0 Å². The maximum absolute atomic E-state index is 5.87. The topological polar surface area (TPSA) is 18.5 Å². The summed E-state index contributed by atoms with van der Waals surface area (Å²) >= 11 is 0. The lowest BCUT2D eigenvalue weighted by Crippen LogP contribution is -2.23. The van der Waals surface area contributed by atoms with Gasteiger partial charge in [0.1, 0.15) is 11.5 Å². The Labute approximate surface area is 169 Å². The van der Waals surface area contributed by atoms with Crippen LogP contribution in [0.25, 0.3) is 0 Å². The van der Waals surface area contributed by atoms with Gasteiger partial charge in [-0.1, -0.05) is 88.4 Å². The summed E-state index contributed by atoms with van der Waals surface area (Å²) in [4.78, 5) is 0. The van der Waals surface area contributed by atoms with Crippen LogP contribution in [0.3, 0.4) is 0 Å². The molecule has 146 valence electrons. The number of methoxy groups -OCH3 is 2. The van der Waals surface area contributed by atoms with E-state index < -0.39 is 0 Å². The molecule has 0 radical (unpaired) electrons. The van der Waals surface area contributed by atoms with Gasteiger partial charge in [0.25, 0.3) is 0 Å². The molecule has 0 spiro atoms. The first kappa shape index (κ1) is 20.0. The van der Waals surface area contributed by atoms with Gasteiger partial charge in [0, 0.05) is 22.0 Å². The van der Waals surface area contributed by atoms with Gasteiger partial charge < -0.3 is 9.47 Å². The van der Waals surface area contributed by atoms with Crippen LogP contribution in [0.5, 0.6) is 11.5 Å². The molecule has 0 saturated heterocycles. The van der Waals surface area contributed by atoms with Crippen LogP contribution in [-0.2, 0) is 10.8 Å². The van der Waals surface area contributed by atoms with Gasteiger partial charge in [-0.2, -0.15) is 0 Å². The fourth-order valence-electron chi connectivity index (χ4n) is 3.90. The van der Waals surface area contributed by atoms with E-state index in [0.717, 1.165) is 22.6 Å². The summed E-state index contributed by atoms with van der Waals surface area (Å²) < 4.78 is 11.7. The minimum atomic E-state index is -0.213. The quantitative estimate of drug-likeness (QED) is 0.500. The number of rotatable bonds is 6. The fraction of sp³-hybridized carbons (Fsp3) is 0.308. The Balaban J connectivity index is 2.19. The van der Waals surface area contributed by atoms with Crippen molar-refractivity contribution in [3.05, 3.63) is 95.1 Å². The number of ether oxygens (including phenoxy) is 2. The van der Waals surface area contributed by atoms with E-state index in [9.17, 15) is 0 Å². The smallest absolute Gasteiger partial charge is 0.123 e. The van der Waals surface area contributed by atoms with Crippen LogP contribution in [0.15, 0.2) is 72.8 Å². The minimum absolute atomic E-state index is 0.213. The molecule has 0 unspecified atom stereocenters. The second-order valence-electron chi connectivity index (χ2n) is 8.23. The second kappa shape index (κ2) is 7.71. The zero-order valence-electron chi connectivity index (χ0n) is 17.7. The van der Waals surface area contributed by atoms with Crippen molar-refractivity contribution in [3.8, 4) is 11.5 Å². The molecule has 0 heterocycles. The molecule has 0 amide bonds. The highest BCUT2D eigenvalue weighted by Crippen LogP contribution is 2.45. The van der Waals surface area contributed by atoms with Gasteiger partial charge in [-0.15, -0.1) is 0 Å². The van der Waals surface area contributed by atoms with Crippen LogP contribution >= 0.6 is 0 Å². The van der Waals surface area contributed by atoms with Crippen molar-refractivity contribution >= 4 is 0 Å². The lowest BCUT2D eigenvalue weighted by Gasteiger charge is -2.32. The third kappa shape index (κ3) is 3.52. The fourth-order valence-corrected chi connectivity index (χ4v) is 3.90. The molecule has 2 nitrogen and oxygen atoms in total. The predicted molar refractivity (Wildman–Crippen MR) is 117 cm³/mol. The van der Waals surface area contributed by atoms with Crippen molar-refractivity contribution in [2.24, 2.45) is 0 Å². The van der Waals surface area contributed by atoms with Gasteiger partial charge in [0.15, 0.2) is 0 Å². The lowest BCUT2D eigenvalue weighted by atomic mass is 9.73. The number of hydrogen-bond donors (Lipinski definition) is 0. The Bertz CT molecular complexity index is 846. The van der Waals surface area contributed by atoms with Crippen molar-refractivity contribution in [3.63, 3.8) is 0 Å². The van der Waals surface area contributed by atoms with E-state index in [4.69, 9.17) is 9.47 Å². The Morgan fingerprint density at radius 1 is 0.536 bits per heavy atom. The summed E-state index contributed by atoms with van der Waals surface area (Å²) in [5.74, 6) is 1.77. The second-order valence-corrected chi connectivity index (χ2v) is 8.23. The Hall–Kier alpha value is -2.74. The minimum Gasteiger partial charge on any atom is -0.496 e. The Morgan fingerprint density at radius 3 is 1.14 bits per heavy atom. The van der Waals surface area contributed by atoms with Crippen molar-refractivity contribution in [1.29, 1.82) is 0 Å². The largest absolute Gasteiger partial charge is 0.496 e. The molecule has 0 bridgehead atoms. The van der Waals surface area contributed by atoms with Crippen molar-refractivity contribution in [2.75, 3.05) is 14.2 Å². The monoisotopic (exact) mass is 374 g/mol. The summed E-state index contributed by atoms with van der Waals surface area (Å²) in [5, 5.41) is 0. The van der Waals surface area contributed by atoms with Gasteiger partial charge in [-0.05, 0) is 23.3 Å². The van der Waals surface area contributed by atoms with Crippen LogP contribution in [0.1, 0.15) is 49.9 Å². The summed E-state index contributed by atoms with van der Waals surface area (Å²) in [6.45, 7) is 8.90. The third-order valence-electron chi connectivity index (χ3n) is 5.86. The highest BCUT2D eigenvalue weighted by Gasteiger charge is 2.32. The molecule has 3 aromatic carbocycles. The first-order chi connectivity index (χ1) is 13.3. The molecule has 0 saturated carbocycles. The van der Waals surface area contributed by atoms with Crippen LogP contribution in [0, 0.1) is 0 Å². The van der Waals surface area contributed by atoms with E-state index in [1.807, 2.05) is 12.1 Å². The molecule has 3 aromatic rings. The Kier molecular flexibility index (Phi) is 5.51. The van der Waals surface area contributed by atoms with E-state index in [-0.39, 0.29) is 10.8 Å². The highest BCUT2D eigenvalue weighted by molar-refractivity contribution is 5.56. The Morgan fingerprint density at radius 2 is 0.857 bits per heavy atom. The molecule has 0 aliphatic rings. The zero-order chi connectivity index (χ0) is 20.4. The molecule has 0 atom stereocenters. The molecule has 0 aliphatic heterocycles. The molecule has 0 aliphatic carbocycles. The number of benzene rings is 3. The molecule has 0 aromatic heterocycles. The van der Waals surface area contributed by atoms with Crippen LogP contribution in [-0.4, -0.2) is 14.2 Å². The SMILES string of the molecule is COc1cc(C(C)(C)c2ccccc2)c(OC)cc1C(C)(C)c1ccccc1. The molecular weight excluding hydrogens is 344 g/mol. The van der Waals surface area contributed by atoms with Crippen molar-refractivity contribution in [1.82, 2.24) is 0 Å². The molecule has 28 heavy (non-hydrogen) atoms. The average Bonchev–Trinajstić information content (AvgIpc) is 2.73. The van der Waals surface area contributed by atoms with E-state index >= 15 is 0 Å². The van der Waals surface area contributed by atoms with Gasteiger partial charge in [-0.3, -0.25) is 0 Å². The standard InChI is InChI=1S/C26H30O2/c1-25(2,19-13-9-7-10-14-19)21-17-24(28-6)22(18-23(21)27-5)26(3,4)20-15-11-8-12-16-20/h7-18H,1-6H3. The molecule has 2 heteroatoms. The summed E-state index contributed by atoms with van der Waals surface area (Å²) in [6, 6.07) is 25.3. The molecule has 3 rings (SSSR count). The van der Waals surface area contributed by atoms with Gasteiger partial charge in [0.05, 0.1) is 14.2 Å². The lowest BCUT2D eigenvalue weighted by molar-refractivity contribution is 0.381. The average molecular weight is 375 g/mol. The normalized spacial score (nSPS) is 11.9. The van der Waals surface area contributed by atoms with Crippen LogP contribution < -0.4 is 9.47 Å². The summed E-state index contributed by atoms with van der Waals surface area (Å²) in [5.41, 5.74) is 4.29. The van der Waals surface area contributed by atoms with E-state index in [0.29, 0.717) is 0 Å². The van der Waals surface area contributed by atoms with E-state index in [1.165, 1.54) is 11.1 Å². The molecule has 0 fully saturated rings. The first-order valence-corrected chi connectivity index (χ1v) is 9.70. The highest BCUT2D eigenvalue weighted by atomic mass is 16.5. The molecular formula is C26H30O2. The maximum atomic E-state index is 5.87. The number of hydrogen-bond acceptors (Lipinski definition) is 2. The van der Waals surface area contributed by atoms with E-state index in [1.54, 1.807) is 14.2 Å². The molecule has 0 N–H and O–H groups in total. The summed E-state index contributed by atoms with van der Waals surface area (Å²) in [7, 11) is 3.48. The maximum Gasteiger partial charge on any atom is 0.123 e. The van der Waals surface area contributed by atoms with Crippen molar-refractivity contribution in [2.45, 2.75) is 38.5 Å². The van der Waals surface area contributed by atoms with E-state index in [2.05, 4.69) is 88.4 Å². The predicted octanol–water partition coefficient (Wildman–Crippen LogP) is 6.36.